The second-order valence-corrected chi connectivity index (χ2v) is 19.1. The summed E-state index contributed by atoms with van der Waals surface area (Å²) in [5, 5.41) is 5.55. The molecule has 4 heteroatoms. The maximum atomic E-state index is 5.25. The minimum Gasteiger partial charge on any atom is -0.248 e. The van der Waals surface area contributed by atoms with E-state index in [0.29, 0.717) is 0 Å². The average Bonchev–Trinajstić information content (AvgIpc) is 2.97. The summed E-state index contributed by atoms with van der Waals surface area (Å²) in [6.07, 6.45) is 2.03. The standard InChI is InChI=1S/C38H40N2P2/c1-37(2,3)42(38(4,5)6)26-32-30(20-19-27-13-7-10-16-31(27)32)25-41(35-23-21-28-14-8-11-17-33(28)39-35)36-24-22-29-15-9-12-18-34(29)40-36/h7-24H,25-26H2,1-6H3. The summed E-state index contributed by atoms with van der Waals surface area (Å²) in [5.41, 5.74) is 7.32. The molecule has 42 heavy (non-hydrogen) atoms. The number of para-hydroxylation sites is 2. The maximum Gasteiger partial charge on any atom is 0.0709 e. The molecule has 212 valence electrons. The van der Waals surface area contributed by atoms with Crippen LogP contribution in [0.5, 0.6) is 0 Å². The first-order valence-corrected chi connectivity index (χ1v) is 17.9. The number of hydrogen-bond acceptors (Lipinski definition) is 2. The highest BCUT2D eigenvalue weighted by atomic mass is 31.1. The van der Waals surface area contributed by atoms with E-state index >= 15 is 0 Å². The Labute approximate surface area is 253 Å². The lowest BCUT2D eigenvalue weighted by Gasteiger charge is -2.42. The van der Waals surface area contributed by atoms with Crippen molar-refractivity contribution in [2.45, 2.75) is 64.2 Å². The Balaban J connectivity index is 1.53. The first kappa shape index (κ1) is 28.9. The van der Waals surface area contributed by atoms with Crippen LogP contribution in [0.2, 0.25) is 0 Å². The van der Waals surface area contributed by atoms with Crippen molar-refractivity contribution in [3.05, 3.63) is 120 Å². The largest absolute Gasteiger partial charge is 0.248 e. The van der Waals surface area contributed by atoms with Gasteiger partial charge in [0.2, 0.25) is 0 Å². The number of rotatable bonds is 6. The van der Waals surface area contributed by atoms with Crippen LogP contribution in [0.25, 0.3) is 32.6 Å². The molecule has 6 rings (SSSR count). The molecule has 0 atom stereocenters. The van der Waals surface area contributed by atoms with E-state index in [1.807, 2.05) is 0 Å². The van der Waals surface area contributed by atoms with Crippen molar-refractivity contribution < 1.29 is 0 Å². The van der Waals surface area contributed by atoms with Gasteiger partial charge in [0, 0.05) is 24.9 Å². The Kier molecular flexibility index (Phi) is 7.91. The van der Waals surface area contributed by atoms with E-state index in [0.717, 1.165) is 34.2 Å². The zero-order valence-corrected chi connectivity index (χ0v) is 27.4. The molecule has 0 spiro atoms. The van der Waals surface area contributed by atoms with Crippen molar-refractivity contribution in [1.29, 1.82) is 0 Å². The lowest BCUT2D eigenvalue weighted by molar-refractivity contribution is 0.703. The van der Waals surface area contributed by atoms with Gasteiger partial charge in [0.05, 0.1) is 21.9 Å². The Morgan fingerprint density at radius 1 is 0.500 bits per heavy atom. The predicted molar refractivity (Wildman–Crippen MR) is 187 cm³/mol. The van der Waals surface area contributed by atoms with Crippen molar-refractivity contribution in [2.75, 3.05) is 0 Å². The molecule has 0 saturated carbocycles. The smallest absolute Gasteiger partial charge is 0.0709 e. The van der Waals surface area contributed by atoms with Crippen molar-refractivity contribution in [3.8, 4) is 0 Å². The summed E-state index contributed by atoms with van der Waals surface area (Å²) in [6, 6.07) is 39.5. The van der Waals surface area contributed by atoms with Crippen LogP contribution in [0.3, 0.4) is 0 Å². The van der Waals surface area contributed by atoms with Gasteiger partial charge in [0.15, 0.2) is 0 Å². The van der Waals surface area contributed by atoms with Gasteiger partial charge in [-0.3, -0.25) is 0 Å². The monoisotopic (exact) mass is 586 g/mol. The number of aromatic nitrogens is 2. The van der Waals surface area contributed by atoms with Crippen molar-refractivity contribution in [1.82, 2.24) is 9.97 Å². The highest BCUT2D eigenvalue weighted by Crippen LogP contribution is 2.62. The van der Waals surface area contributed by atoms with Gasteiger partial charge in [-0.1, -0.05) is 134 Å². The quantitative estimate of drug-likeness (QED) is 0.182. The molecular formula is C38H40N2P2. The van der Waals surface area contributed by atoms with E-state index in [9.17, 15) is 0 Å². The molecule has 0 aliphatic carbocycles. The molecule has 0 N–H and O–H groups in total. The minimum absolute atomic E-state index is 0.242. The minimum atomic E-state index is -0.841. The predicted octanol–water partition coefficient (Wildman–Crippen LogP) is 10.1. The van der Waals surface area contributed by atoms with Crippen LogP contribution in [0.4, 0.5) is 0 Å². The third kappa shape index (κ3) is 5.99. The van der Waals surface area contributed by atoms with E-state index in [4.69, 9.17) is 9.97 Å². The SMILES string of the molecule is CC(C)(C)P(Cc1c(CP(c2ccc3ccccc3n2)c2ccc3ccccc3n2)ccc2ccccc12)C(C)(C)C. The van der Waals surface area contributed by atoms with Crippen molar-refractivity contribution >= 4 is 59.3 Å². The van der Waals surface area contributed by atoms with Gasteiger partial charge in [0.25, 0.3) is 0 Å². The first-order valence-electron chi connectivity index (χ1n) is 14.8. The molecule has 0 bridgehead atoms. The van der Waals surface area contributed by atoms with Gasteiger partial charge in [-0.05, 0) is 62.6 Å². The Morgan fingerprint density at radius 3 is 1.52 bits per heavy atom. The number of hydrogen-bond donors (Lipinski definition) is 0. The van der Waals surface area contributed by atoms with Gasteiger partial charge in [0.1, 0.15) is 0 Å². The summed E-state index contributed by atoms with van der Waals surface area (Å²) in [4.78, 5) is 10.5. The van der Waals surface area contributed by atoms with E-state index < -0.39 is 7.92 Å². The Morgan fingerprint density at radius 2 is 0.976 bits per heavy atom. The van der Waals surface area contributed by atoms with Crippen molar-refractivity contribution in [3.63, 3.8) is 0 Å². The van der Waals surface area contributed by atoms with E-state index in [2.05, 4.69) is 151 Å². The van der Waals surface area contributed by atoms with Gasteiger partial charge in [-0.15, -0.1) is 0 Å². The van der Waals surface area contributed by atoms with Gasteiger partial charge >= 0.3 is 0 Å². The number of benzene rings is 4. The fraction of sp³-hybridized carbons (Fsp3) is 0.263. The molecular weight excluding hydrogens is 546 g/mol. The second kappa shape index (κ2) is 11.5. The van der Waals surface area contributed by atoms with Crippen LogP contribution in [-0.2, 0) is 12.3 Å². The molecule has 0 radical (unpaired) electrons. The normalized spacial score (nSPS) is 12.7. The van der Waals surface area contributed by atoms with Crippen LogP contribution in [-0.4, -0.2) is 20.3 Å². The van der Waals surface area contributed by atoms with Crippen LogP contribution >= 0.6 is 15.8 Å². The highest BCUT2D eigenvalue weighted by molar-refractivity contribution is 7.71. The molecule has 0 aliphatic heterocycles. The molecule has 0 aliphatic rings. The van der Waals surface area contributed by atoms with Gasteiger partial charge in [-0.25, -0.2) is 9.97 Å². The molecule has 2 nitrogen and oxygen atoms in total. The zero-order chi connectivity index (χ0) is 29.5. The average molecular weight is 587 g/mol. The molecule has 0 unspecified atom stereocenters. The fourth-order valence-electron chi connectivity index (χ4n) is 6.22. The van der Waals surface area contributed by atoms with Crippen LogP contribution in [0.15, 0.2) is 109 Å². The molecule has 4 aromatic carbocycles. The molecule has 6 aromatic rings. The molecule has 0 amide bonds. The van der Waals surface area contributed by atoms with Crippen LogP contribution in [0, 0.1) is 0 Å². The lowest BCUT2D eigenvalue weighted by atomic mass is 10.0. The molecule has 0 saturated heterocycles. The Hall–Kier alpha value is -3.18. The summed E-state index contributed by atoms with van der Waals surface area (Å²) in [7, 11) is -1.15. The molecule has 2 heterocycles. The van der Waals surface area contributed by atoms with Crippen LogP contribution in [0.1, 0.15) is 52.7 Å². The first-order chi connectivity index (χ1) is 20.1. The summed E-state index contributed by atoms with van der Waals surface area (Å²) in [6.45, 7) is 14.6. The molecule has 0 fully saturated rings. The number of nitrogens with zero attached hydrogens (tertiary/aromatic N) is 2. The Bertz CT molecular complexity index is 1790. The third-order valence-electron chi connectivity index (χ3n) is 8.12. The topological polar surface area (TPSA) is 25.8 Å². The second-order valence-electron chi connectivity index (χ2n) is 13.2. The summed E-state index contributed by atoms with van der Waals surface area (Å²) < 4.78 is 0. The molecule has 2 aromatic heterocycles. The fourth-order valence-corrected chi connectivity index (χ4v) is 12.0. The highest BCUT2D eigenvalue weighted by Gasteiger charge is 2.35. The van der Waals surface area contributed by atoms with E-state index in [1.54, 1.807) is 0 Å². The van der Waals surface area contributed by atoms with Crippen molar-refractivity contribution in [2.24, 2.45) is 0 Å². The van der Waals surface area contributed by atoms with Gasteiger partial charge in [-0.2, -0.15) is 0 Å². The van der Waals surface area contributed by atoms with E-state index in [-0.39, 0.29) is 18.2 Å². The lowest BCUT2D eigenvalue weighted by Crippen LogP contribution is -2.26. The van der Waals surface area contributed by atoms with E-state index in [1.165, 1.54) is 32.7 Å². The number of fused-ring (bicyclic) bond motifs is 3. The maximum absolute atomic E-state index is 5.25. The zero-order valence-electron chi connectivity index (χ0n) is 25.6. The third-order valence-corrected chi connectivity index (χ3v) is 14.3. The summed E-state index contributed by atoms with van der Waals surface area (Å²) in [5.74, 6) is 0. The van der Waals surface area contributed by atoms with Gasteiger partial charge < -0.3 is 0 Å². The summed E-state index contributed by atoms with van der Waals surface area (Å²) >= 11 is 0. The van der Waals surface area contributed by atoms with Crippen LogP contribution < -0.4 is 10.9 Å². The number of pyridine rings is 2.